The highest BCUT2D eigenvalue weighted by Gasteiger charge is 2.25. The molecule has 8 heteroatoms. The number of nitrogens with one attached hydrogen (secondary N) is 2. The van der Waals surface area contributed by atoms with Crippen LogP contribution in [0.25, 0.3) is 0 Å². The first kappa shape index (κ1) is 20.8. The summed E-state index contributed by atoms with van der Waals surface area (Å²) in [6, 6.07) is 3.88. The van der Waals surface area contributed by atoms with Crippen molar-refractivity contribution in [2.24, 2.45) is 4.99 Å². The summed E-state index contributed by atoms with van der Waals surface area (Å²) in [6.07, 6.45) is 4.04. The predicted molar refractivity (Wildman–Crippen MR) is 106 cm³/mol. The van der Waals surface area contributed by atoms with Gasteiger partial charge in [-0.15, -0.1) is 0 Å². The minimum Gasteiger partial charge on any atom is -0.381 e. The number of guanidine groups is 1. The van der Waals surface area contributed by atoms with E-state index in [1.807, 2.05) is 4.90 Å². The maximum Gasteiger partial charge on any atom is 0.191 e. The highest BCUT2D eigenvalue weighted by Crippen LogP contribution is 2.24. The number of halogens is 2. The van der Waals surface area contributed by atoms with Gasteiger partial charge in [0.05, 0.1) is 11.8 Å². The van der Waals surface area contributed by atoms with E-state index in [2.05, 4.69) is 15.6 Å². The molecule has 2 heterocycles. The second-order valence-electron chi connectivity index (χ2n) is 7.21. The van der Waals surface area contributed by atoms with Gasteiger partial charge in [0.15, 0.2) is 5.96 Å². The number of benzene rings is 1. The van der Waals surface area contributed by atoms with Crippen LogP contribution in [0.15, 0.2) is 23.2 Å². The van der Waals surface area contributed by atoms with E-state index in [1.54, 1.807) is 7.05 Å². The van der Waals surface area contributed by atoms with Crippen LogP contribution in [0.5, 0.6) is 0 Å². The zero-order chi connectivity index (χ0) is 19.8. The molecule has 0 radical (unpaired) electrons. The van der Waals surface area contributed by atoms with Gasteiger partial charge in [-0.2, -0.15) is 0 Å². The molecule has 2 aliphatic heterocycles. The molecule has 0 saturated carbocycles. The number of rotatable bonds is 7. The largest absolute Gasteiger partial charge is 0.381 e. The molecule has 0 spiro atoms. The van der Waals surface area contributed by atoms with Crippen molar-refractivity contribution in [3.8, 4) is 0 Å². The standard InChI is InChI=1S/C20H30F2N4O2/c1-23-20(24-8-2-10-28-17-6-11-27-12-7-17)25-16-5-9-26(14-16)19-4-3-15(21)13-18(19)22/h3-4,13,16-17H,2,5-12,14H2,1H3,(H2,23,24,25). The topological polar surface area (TPSA) is 58.1 Å². The highest BCUT2D eigenvalue weighted by atomic mass is 19.1. The van der Waals surface area contributed by atoms with Crippen LogP contribution in [0, 0.1) is 11.6 Å². The van der Waals surface area contributed by atoms with Crippen LogP contribution >= 0.6 is 0 Å². The van der Waals surface area contributed by atoms with Gasteiger partial charge in [-0.1, -0.05) is 0 Å². The minimum atomic E-state index is -0.555. The Labute approximate surface area is 165 Å². The molecule has 156 valence electrons. The summed E-state index contributed by atoms with van der Waals surface area (Å²) in [5, 5.41) is 6.68. The van der Waals surface area contributed by atoms with Crippen LogP contribution in [0.3, 0.4) is 0 Å². The molecule has 1 atom stereocenters. The fraction of sp³-hybridized carbons (Fsp3) is 0.650. The molecule has 1 aromatic carbocycles. The number of hydrogen-bond acceptors (Lipinski definition) is 4. The SMILES string of the molecule is CN=C(NCCCOC1CCOCC1)NC1CCN(c2ccc(F)cc2F)C1. The average molecular weight is 396 g/mol. The van der Waals surface area contributed by atoms with Crippen molar-refractivity contribution in [3.05, 3.63) is 29.8 Å². The van der Waals surface area contributed by atoms with Crippen molar-refractivity contribution in [1.29, 1.82) is 0 Å². The first-order valence-corrected chi connectivity index (χ1v) is 10.0. The normalized spacial score (nSPS) is 21.2. The van der Waals surface area contributed by atoms with Gasteiger partial charge in [0.1, 0.15) is 11.6 Å². The summed E-state index contributed by atoms with van der Waals surface area (Å²) in [7, 11) is 1.74. The van der Waals surface area contributed by atoms with Crippen molar-refractivity contribution in [2.75, 3.05) is 51.4 Å². The predicted octanol–water partition coefficient (Wildman–Crippen LogP) is 2.29. The molecule has 2 saturated heterocycles. The first-order valence-electron chi connectivity index (χ1n) is 10.0. The van der Waals surface area contributed by atoms with E-state index in [0.29, 0.717) is 18.3 Å². The number of nitrogens with zero attached hydrogens (tertiary/aromatic N) is 2. The molecule has 2 fully saturated rings. The monoisotopic (exact) mass is 396 g/mol. The average Bonchev–Trinajstić information content (AvgIpc) is 3.15. The van der Waals surface area contributed by atoms with Crippen LogP contribution in [0.4, 0.5) is 14.5 Å². The van der Waals surface area contributed by atoms with E-state index in [-0.39, 0.29) is 6.04 Å². The molecule has 0 aromatic heterocycles. The van der Waals surface area contributed by atoms with Gasteiger partial charge in [0.25, 0.3) is 0 Å². The first-order chi connectivity index (χ1) is 13.7. The van der Waals surface area contributed by atoms with Gasteiger partial charge in [-0.25, -0.2) is 8.78 Å². The quantitative estimate of drug-likeness (QED) is 0.421. The van der Waals surface area contributed by atoms with Crippen LogP contribution in [0.2, 0.25) is 0 Å². The van der Waals surface area contributed by atoms with E-state index < -0.39 is 11.6 Å². The Morgan fingerprint density at radius 2 is 2.11 bits per heavy atom. The van der Waals surface area contributed by atoms with Crippen LogP contribution in [-0.4, -0.2) is 64.6 Å². The maximum absolute atomic E-state index is 14.0. The lowest BCUT2D eigenvalue weighted by atomic mass is 10.1. The molecule has 3 rings (SSSR count). The van der Waals surface area contributed by atoms with Gasteiger partial charge in [-0.3, -0.25) is 4.99 Å². The molecule has 0 aliphatic carbocycles. The fourth-order valence-electron chi connectivity index (χ4n) is 3.59. The van der Waals surface area contributed by atoms with Gasteiger partial charge in [0.2, 0.25) is 0 Å². The summed E-state index contributed by atoms with van der Waals surface area (Å²) >= 11 is 0. The summed E-state index contributed by atoms with van der Waals surface area (Å²) in [4.78, 5) is 6.19. The zero-order valence-corrected chi connectivity index (χ0v) is 16.4. The third-order valence-corrected chi connectivity index (χ3v) is 5.14. The Morgan fingerprint density at radius 3 is 2.86 bits per heavy atom. The van der Waals surface area contributed by atoms with Gasteiger partial charge in [0, 0.05) is 58.6 Å². The lowest BCUT2D eigenvalue weighted by Crippen LogP contribution is -2.45. The zero-order valence-electron chi connectivity index (χ0n) is 16.4. The van der Waals surface area contributed by atoms with Crippen LogP contribution < -0.4 is 15.5 Å². The second-order valence-corrected chi connectivity index (χ2v) is 7.21. The van der Waals surface area contributed by atoms with E-state index in [4.69, 9.17) is 9.47 Å². The highest BCUT2D eigenvalue weighted by molar-refractivity contribution is 5.80. The summed E-state index contributed by atoms with van der Waals surface area (Å²) < 4.78 is 38.3. The number of aliphatic imine (C=N–C) groups is 1. The van der Waals surface area contributed by atoms with Gasteiger partial charge in [-0.05, 0) is 37.8 Å². The van der Waals surface area contributed by atoms with E-state index >= 15 is 0 Å². The van der Waals surface area contributed by atoms with Crippen LogP contribution in [-0.2, 0) is 9.47 Å². The minimum absolute atomic E-state index is 0.161. The molecular formula is C20H30F2N4O2. The fourth-order valence-corrected chi connectivity index (χ4v) is 3.59. The van der Waals surface area contributed by atoms with E-state index in [1.165, 1.54) is 12.1 Å². The van der Waals surface area contributed by atoms with E-state index in [9.17, 15) is 8.78 Å². The van der Waals surface area contributed by atoms with Crippen molar-refractivity contribution >= 4 is 11.6 Å². The summed E-state index contributed by atoms with van der Waals surface area (Å²) in [5.74, 6) is -0.342. The van der Waals surface area contributed by atoms with E-state index in [0.717, 1.165) is 70.6 Å². The smallest absolute Gasteiger partial charge is 0.191 e. The Kier molecular flexibility index (Phi) is 7.85. The molecule has 2 aliphatic rings. The van der Waals surface area contributed by atoms with Crippen molar-refractivity contribution in [1.82, 2.24) is 10.6 Å². The number of anilines is 1. The lowest BCUT2D eigenvalue weighted by Gasteiger charge is -2.22. The van der Waals surface area contributed by atoms with Crippen molar-refractivity contribution in [3.63, 3.8) is 0 Å². The van der Waals surface area contributed by atoms with Gasteiger partial charge < -0.3 is 25.0 Å². The summed E-state index contributed by atoms with van der Waals surface area (Å²) in [6.45, 7) is 4.44. The molecule has 1 unspecified atom stereocenters. The van der Waals surface area contributed by atoms with Gasteiger partial charge >= 0.3 is 0 Å². The molecule has 6 nitrogen and oxygen atoms in total. The van der Waals surface area contributed by atoms with Crippen molar-refractivity contribution < 1.29 is 18.3 Å². The molecule has 2 N–H and O–H groups in total. The molecular weight excluding hydrogens is 366 g/mol. The lowest BCUT2D eigenvalue weighted by molar-refractivity contribution is -0.0320. The molecule has 1 aromatic rings. The molecule has 0 amide bonds. The second kappa shape index (κ2) is 10.6. The Morgan fingerprint density at radius 1 is 1.29 bits per heavy atom. The van der Waals surface area contributed by atoms with Crippen LogP contribution in [0.1, 0.15) is 25.7 Å². The molecule has 0 bridgehead atoms. The van der Waals surface area contributed by atoms with Crippen molar-refractivity contribution in [2.45, 2.75) is 37.8 Å². The Balaban J connectivity index is 1.35. The number of hydrogen-bond donors (Lipinski definition) is 2. The summed E-state index contributed by atoms with van der Waals surface area (Å²) in [5.41, 5.74) is 0.443. The third-order valence-electron chi connectivity index (χ3n) is 5.14. The maximum atomic E-state index is 14.0. The molecule has 28 heavy (non-hydrogen) atoms. The third kappa shape index (κ3) is 6.04. The Bertz CT molecular complexity index is 653. The Hall–Kier alpha value is -1.93. The number of ether oxygens (including phenoxy) is 2.